The van der Waals surface area contributed by atoms with Crippen molar-refractivity contribution < 1.29 is 82.7 Å². The first-order valence-electron chi connectivity index (χ1n) is 31.2. The summed E-state index contributed by atoms with van der Waals surface area (Å²) in [6.07, 6.45) is -3.77. The molecule has 2 aromatic rings. The minimum atomic E-state index is -2.57. The van der Waals surface area contributed by atoms with Crippen LogP contribution in [0.2, 0.25) is 0 Å². The van der Waals surface area contributed by atoms with Crippen LogP contribution in [-0.4, -0.2) is 195 Å². The summed E-state index contributed by atoms with van der Waals surface area (Å²) in [5, 5.41) is 64.1. The number of ether oxygens (including phenoxy) is 1. The van der Waals surface area contributed by atoms with Crippen LogP contribution >= 0.6 is 0 Å². The van der Waals surface area contributed by atoms with Crippen LogP contribution in [0.4, 0.5) is 0 Å². The maximum absolute atomic E-state index is 14.2. The van der Waals surface area contributed by atoms with E-state index in [1.54, 1.807) is 59.7 Å². The highest BCUT2D eigenvalue weighted by atomic mass is 16.5. The number of aromatic nitrogens is 1. The highest BCUT2D eigenvalue weighted by Crippen LogP contribution is 2.24. The molecule has 0 aliphatic carbocycles. The third kappa shape index (κ3) is 28.3. The highest BCUT2D eigenvalue weighted by molar-refractivity contribution is 5.99. The van der Waals surface area contributed by atoms with Crippen molar-refractivity contribution in [1.29, 1.82) is 0 Å². The van der Waals surface area contributed by atoms with Crippen LogP contribution in [0.3, 0.4) is 0 Å². The van der Waals surface area contributed by atoms with Crippen LogP contribution in [0.25, 0.3) is 0 Å². The van der Waals surface area contributed by atoms with Gasteiger partial charge in [-0.3, -0.25) is 62.7 Å². The number of nitrogens with one attached hydrogen (secondary N) is 9. The van der Waals surface area contributed by atoms with E-state index in [4.69, 9.17) is 33.4 Å². The molecule has 0 unspecified atom stereocenters. The summed E-state index contributed by atoms with van der Waals surface area (Å²) >= 11 is 0. The number of carbonyl (C=O) groups excluding carboxylic acids is 12. The zero-order chi connectivity index (χ0) is 72.2. The van der Waals surface area contributed by atoms with Crippen LogP contribution in [-0.2, 0) is 68.7 Å². The van der Waals surface area contributed by atoms with E-state index < -0.39 is 180 Å². The van der Waals surface area contributed by atoms with Gasteiger partial charge in [-0.15, -0.1) is 0 Å². The topological polar surface area (TPSA) is 559 Å². The van der Waals surface area contributed by atoms with Gasteiger partial charge in [-0.25, -0.2) is 4.79 Å². The van der Waals surface area contributed by atoms with Gasteiger partial charge in [0.05, 0.1) is 37.3 Å². The summed E-state index contributed by atoms with van der Waals surface area (Å²) in [5.41, 5.74) is 28.5. The molecule has 0 spiro atoms. The number of aliphatic imine (C=N–C) groups is 1. The monoisotopic (exact) mass is 1340 g/mol. The number of rotatable bonds is 40. The fraction of sp³-hybridized carbons (Fsp3) is 0.613. The summed E-state index contributed by atoms with van der Waals surface area (Å²) in [7, 11) is 0. The van der Waals surface area contributed by atoms with E-state index in [1.165, 1.54) is 43.6 Å². The molecule has 11 amide bonds. The fourth-order valence-electron chi connectivity index (χ4n) is 9.51. The van der Waals surface area contributed by atoms with Crippen LogP contribution in [0.1, 0.15) is 125 Å². The number of guanidine groups is 1. The summed E-state index contributed by atoms with van der Waals surface area (Å²) in [6.45, 7) is 16.2. The smallest absolute Gasteiger partial charge is 0.331 e. The van der Waals surface area contributed by atoms with Gasteiger partial charge in [0.15, 0.2) is 24.2 Å². The number of aliphatic hydroxyl groups excluding tert-OH is 4. The molecule has 1 heterocycles. The van der Waals surface area contributed by atoms with E-state index in [0.717, 1.165) is 6.92 Å². The maximum atomic E-state index is 14.2. The zero-order valence-corrected chi connectivity index (χ0v) is 55.8. The van der Waals surface area contributed by atoms with Crippen molar-refractivity contribution in [2.75, 3.05) is 19.7 Å². The molecule has 0 aliphatic rings. The Morgan fingerprint density at radius 2 is 1.18 bits per heavy atom. The van der Waals surface area contributed by atoms with Crippen molar-refractivity contribution in [2.45, 2.75) is 193 Å². The summed E-state index contributed by atoms with van der Waals surface area (Å²) in [6, 6.07) is -4.35. The minimum Gasteiger partial charge on any atom is -0.453 e. The largest absolute Gasteiger partial charge is 0.453 e. The Morgan fingerprint density at radius 1 is 0.621 bits per heavy atom. The zero-order valence-electron chi connectivity index (χ0n) is 55.8. The van der Waals surface area contributed by atoms with Crippen molar-refractivity contribution in [3.8, 4) is 0 Å². The first-order valence-corrected chi connectivity index (χ1v) is 31.2. The lowest BCUT2D eigenvalue weighted by Crippen LogP contribution is -2.62. The predicted molar refractivity (Wildman–Crippen MR) is 346 cm³/mol. The van der Waals surface area contributed by atoms with Gasteiger partial charge in [0.2, 0.25) is 65.0 Å². The Kier molecular flexibility index (Phi) is 34.3. The first-order chi connectivity index (χ1) is 44.3. The lowest BCUT2D eigenvalue weighted by atomic mass is 9.88. The second-order valence-corrected chi connectivity index (χ2v) is 25.3. The van der Waals surface area contributed by atoms with Crippen molar-refractivity contribution >= 4 is 76.9 Å². The second kappa shape index (κ2) is 39.7. The van der Waals surface area contributed by atoms with Crippen LogP contribution in [0.5, 0.6) is 0 Å². The molecule has 0 fully saturated rings. The number of carbonyl (C=O) groups is 12. The molecule has 1 aromatic heterocycles. The third-order valence-electron chi connectivity index (χ3n) is 15.0. The number of pyridine rings is 1. The standard InChI is InChI=1S/C62H100N16O17/c1-12-32(6)43(76-54(88)38(21-17-23-69-61(66)67)71-55(89)39(24-30(2)3)72-52(86)33(7)47(82)31(4)5)58(92)77-44(34(8)80)57(91)70-28-42(81)75-45(48(83)51(65)85)59(93)74-41(29-79)60(94)95-49(36-19-14-13-15-20-36)46(50(64)84)78-56(90)40(25-35-18-16-22-68-27-35)73-53(87)37(63)26-62(9,10)11/h13-16,18-20,22,27,30-34,37-41,43-49,79-80,82-83H,12,17,21,23-26,28-29,63H2,1-11H3,(H2,64,84)(H2,65,85)(H,70,91)(H,71,89)(H,72,86)(H,73,87)(H,74,93)(H,75,81)(H,76,88)(H,77,92)(H,78,90)(H4,66,67,69)/t32-,33-,34-,37+,38+,39-,40-,41-,43-,44-,45-,46-,47+,48-,49+/m0/s1. The van der Waals surface area contributed by atoms with Crippen molar-refractivity contribution in [3.05, 3.63) is 66.0 Å². The highest BCUT2D eigenvalue weighted by Gasteiger charge is 2.41. The van der Waals surface area contributed by atoms with Gasteiger partial charge in [-0.1, -0.05) is 112 Å². The number of hydrogen-bond acceptors (Lipinski definition) is 20. The van der Waals surface area contributed by atoms with Gasteiger partial charge < -0.3 is 102 Å². The molecule has 2 rings (SSSR count). The number of esters is 1. The Bertz CT molecular complexity index is 2930. The molecule has 0 saturated carbocycles. The Balaban J connectivity index is 2.39. The summed E-state index contributed by atoms with van der Waals surface area (Å²) < 4.78 is 5.69. The first kappa shape index (κ1) is 82.2. The normalized spacial score (nSPS) is 16.2. The summed E-state index contributed by atoms with van der Waals surface area (Å²) in [5.74, 6) is -15.7. The molecule has 0 saturated heterocycles. The van der Waals surface area contributed by atoms with Gasteiger partial charge in [0, 0.05) is 25.4 Å². The van der Waals surface area contributed by atoms with Crippen LogP contribution in [0, 0.1) is 29.1 Å². The molecule has 0 bridgehead atoms. The lowest BCUT2D eigenvalue weighted by Gasteiger charge is -2.30. The number of benzene rings is 1. The average molecular weight is 1340 g/mol. The molecule has 1 aromatic carbocycles. The Labute approximate surface area is 552 Å². The Hall–Kier alpha value is -8.92. The van der Waals surface area contributed by atoms with Gasteiger partial charge in [-0.2, -0.15) is 0 Å². The molecular formula is C62H100N16O17. The van der Waals surface area contributed by atoms with E-state index in [2.05, 4.69) is 47.2 Å². The van der Waals surface area contributed by atoms with Crippen molar-refractivity contribution in [3.63, 3.8) is 0 Å². The fourth-order valence-corrected chi connectivity index (χ4v) is 9.51. The quantitative estimate of drug-likeness (QED) is 0.0129. The number of nitrogens with zero attached hydrogens (tertiary/aromatic N) is 2. The van der Waals surface area contributed by atoms with E-state index in [1.807, 2.05) is 31.4 Å². The molecular weight excluding hydrogens is 1240 g/mol. The van der Waals surface area contributed by atoms with Crippen LogP contribution in [0.15, 0.2) is 59.9 Å². The minimum absolute atomic E-state index is 0.0241. The van der Waals surface area contributed by atoms with Crippen molar-refractivity contribution in [2.24, 2.45) is 62.7 Å². The van der Waals surface area contributed by atoms with E-state index >= 15 is 0 Å². The maximum Gasteiger partial charge on any atom is 0.331 e. The number of nitrogens with two attached hydrogens (primary N) is 5. The molecule has 95 heavy (non-hydrogen) atoms. The molecule has 33 nitrogen and oxygen atoms in total. The van der Waals surface area contributed by atoms with Crippen LogP contribution < -0.4 is 76.5 Å². The van der Waals surface area contributed by atoms with E-state index in [-0.39, 0.29) is 68.4 Å². The van der Waals surface area contributed by atoms with Gasteiger partial charge in [-0.05, 0) is 73.0 Å². The van der Waals surface area contributed by atoms with E-state index in [9.17, 15) is 78.0 Å². The van der Waals surface area contributed by atoms with Crippen molar-refractivity contribution in [1.82, 2.24) is 52.8 Å². The molecule has 0 aliphatic heterocycles. The summed E-state index contributed by atoms with van der Waals surface area (Å²) in [4.78, 5) is 172. The lowest BCUT2D eigenvalue weighted by molar-refractivity contribution is -0.158. The van der Waals surface area contributed by atoms with Gasteiger partial charge in [0.1, 0.15) is 42.3 Å². The third-order valence-corrected chi connectivity index (χ3v) is 15.0. The SMILES string of the molecule is CC[C@H](C)[C@H](NC(=O)[C@@H](CCCN=C(N)N)NC(=O)[C@H](CC(C)C)NC(=O)[C@@H](C)[C@H](O)C(C)C)C(=O)N[C@H](C(=O)NCC(=O)N[C@H](C(=O)N[C@@H](CO)C(=O)O[C@H](c1ccccc1)[C@H](NC(=O)[C@H](Cc1cccnc1)NC(=O)[C@H](N)CC(C)(C)C)C(N)=O)[C@H](O)C(N)=O)[C@H](C)O. The second-order valence-electron chi connectivity index (χ2n) is 25.3. The van der Waals surface area contributed by atoms with Gasteiger partial charge in [0.25, 0.3) is 0 Å². The number of amides is 11. The number of primary amides is 2. The van der Waals surface area contributed by atoms with E-state index in [0.29, 0.717) is 5.56 Å². The average Bonchev–Trinajstić information content (AvgIpc) is 0.855. The number of hydrogen-bond donors (Lipinski definition) is 18. The predicted octanol–water partition coefficient (Wildman–Crippen LogP) is -4.83. The molecule has 530 valence electrons. The molecule has 23 N–H and O–H groups in total. The van der Waals surface area contributed by atoms with Gasteiger partial charge >= 0.3 is 5.97 Å². The molecule has 0 radical (unpaired) electrons. The molecule has 33 heteroatoms. The Morgan fingerprint density at radius 3 is 1.71 bits per heavy atom. The number of aliphatic hydroxyl groups is 4. The molecule has 15 atom stereocenters.